The number of carbonyl (C=O) groups is 1. The van der Waals surface area contributed by atoms with Crippen LogP contribution in [0.15, 0.2) is 45.4 Å². The molecule has 0 saturated carbocycles. The number of rotatable bonds is 10. The molecular formula is C22H29BrFN3O2. The highest BCUT2D eigenvalue weighted by Crippen LogP contribution is 2.23. The molecule has 158 valence electrons. The third kappa shape index (κ3) is 7.07. The van der Waals surface area contributed by atoms with E-state index in [0.29, 0.717) is 24.7 Å². The Morgan fingerprint density at radius 3 is 2.66 bits per heavy atom. The molecule has 0 bridgehead atoms. The van der Waals surface area contributed by atoms with E-state index in [1.807, 2.05) is 45.0 Å². The summed E-state index contributed by atoms with van der Waals surface area (Å²) in [5, 5.41) is 4.04. The van der Waals surface area contributed by atoms with Crippen LogP contribution in [0.1, 0.15) is 58.2 Å². The maximum Gasteiger partial charge on any atom is 0.253 e. The Balaban J connectivity index is 1.91. The van der Waals surface area contributed by atoms with Gasteiger partial charge >= 0.3 is 0 Å². The van der Waals surface area contributed by atoms with E-state index in [2.05, 4.69) is 32.6 Å². The predicted molar refractivity (Wildman–Crippen MR) is 117 cm³/mol. The van der Waals surface area contributed by atoms with Crippen LogP contribution in [0.25, 0.3) is 0 Å². The second-order valence-electron chi connectivity index (χ2n) is 8.05. The molecule has 2 aromatic rings. The Labute approximate surface area is 180 Å². The molecule has 0 N–H and O–H groups in total. The predicted octanol–water partition coefficient (Wildman–Crippen LogP) is 5.79. The second-order valence-corrected chi connectivity index (χ2v) is 8.97. The number of benzene rings is 1. The van der Waals surface area contributed by atoms with Crippen LogP contribution in [0.2, 0.25) is 0 Å². The van der Waals surface area contributed by atoms with E-state index < -0.39 is 6.67 Å². The Morgan fingerprint density at radius 2 is 2.03 bits per heavy atom. The molecule has 1 amide bonds. The highest BCUT2D eigenvalue weighted by atomic mass is 79.9. The molecule has 1 heterocycles. The van der Waals surface area contributed by atoms with Crippen LogP contribution in [0.5, 0.6) is 0 Å². The van der Waals surface area contributed by atoms with Crippen LogP contribution in [0.3, 0.4) is 0 Å². The summed E-state index contributed by atoms with van der Waals surface area (Å²) in [7, 11) is 0. The molecule has 0 radical (unpaired) electrons. The summed E-state index contributed by atoms with van der Waals surface area (Å²) in [5.41, 5.74) is 0.929. The number of hydrogen-bond acceptors (Lipinski definition) is 4. The number of anilines is 1. The van der Waals surface area contributed by atoms with E-state index in [0.717, 1.165) is 29.4 Å². The Hall–Kier alpha value is -2.02. The zero-order valence-corrected chi connectivity index (χ0v) is 19.0. The first-order chi connectivity index (χ1) is 13.7. The number of carbonyl (C=O) groups excluding carboxylic acids is 1. The number of halogens is 2. The minimum absolute atomic E-state index is 0.0522. The van der Waals surface area contributed by atoms with Gasteiger partial charge in [0.05, 0.1) is 6.67 Å². The molecular weight excluding hydrogens is 437 g/mol. The lowest BCUT2D eigenvalue weighted by atomic mass is 9.96. The molecule has 0 fully saturated rings. The van der Waals surface area contributed by atoms with Crippen molar-refractivity contribution in [2.24, 2.45) is 0 Å². The lowest BCUT2D eigenvalue weighted by Gasteiger charge is -2.24. The van der Waals surface area contributed by atoms with Crippen molar-refractivity contribution in [1.82, 2.24) is 10.1 Å². The first kappa shape index (κ1) is 23.3. The van der Waals surface area contributed by atoms with Crippen molar-refractivity contribution in [2.75, 3.05) is 18.1 Å². The van der Waals surface area contributed by atoms with Crippen LogP contribution in [-0.4, -0.2) is 29.3 Å². The van der Waals surface area contributed by atoms with Crippen molar-refractivity contribution < 1.29 is 13.7 Å². The van der Waals surface area contributed by atoms with Crippen LogP contribution in [0, 0.1) is 0 Å². The number of nitrogens with zero attached hydrogens (tertiary/aromatic N) is 3. The number of amides is 1. The zero-order chi connectivity index (χ0) is 21.4. The molecule has 7 heteroatoms. The van der Waals surface area contributed by atoms with Crippen molar-refractivity contribution in [3.63, 3.8) is 0 Å². The van der Waals surface area contributed by atoms with Crippen molar-refractivity contribution in [2.45, 2.75) is 58.3 Å². The fraction of sp³-hybridized carbons (Fsp3) is 0.500. The molecule has 0 unspecified atom stereocenters. The minimum Gasteiger partial charge on any atom is -0.339 e. The quantitative estimate of drug-likeness (QED) is 0.329. The molecule has 1 aromatic heterocycles. The SMILES string of the molecule is C=C(CCF)C(=O)N(CCCCCc1nc(C(C)(C)C)no1)c1cccc(Br)c1. The summed E-state index contributed by atoms with van der Waals surface area (Å²) in [6, 6.07) is 7.53. The molecule has 0 saturated heterocycles. The lowest BCUT2D eigenvalue weighted by Crippen LogP contribution is -2.33. The Morgan fingerprint density at radius 1 is 1.28 bits per heavy atom. The average Bonchev–Trinajstić information content (AvgIpc) is 3.14. The summed E-state index contributed by atoms with van der Waals surface area (Å²) < 4.78 is 18.9. The summed E-state index contributed by atoms with van der Waals surface area (Å²) in [4.78, 5) is 18.9. The van der Waals surface area contributed by atoms with Gasteiger partial charge in [0.15, 0.2) is 5.82 Å². The molecule has 0 aliphatic rings. The molecule has 2 rings (SSSR count). The van der Waals surface area contributed by atoms with Crippen molar-refractivity contribution in [3.8, 4) is 0 Å². The molecule has 5 nitrogen and oxygen atoms in total. The number of aryl methyl sites for hydroxylation is 1. The van der Waals surface area contributed by atoms with Crippen molar-refractivity contribution in [3.05, 3.63) is 52.6 Å². The Kier molecular flexibility index (Phi) is 8.56. The first-order valence-electron chi connectivity index (χ1n) is 9.86. The van der Waals surface area contributed by atoms with Gasteiger partial charge in [0, 0.05) is 40.5 Å². The summed E-state index contributed by atoms with van der Waals surface area (Å²) >= 11 is 3.44. The van der Waals surface area contributed by atoms with Gasteiger partial charge in [-0.1, -0.05) is 60.9 Å². The van der Waals surface area contributed by atoms with Crippen LogP contribution >= 0.6 is 15.9 Å². The molecule has 0 aliphatic heterocycles. The van der Waals surface area contributed by atoms with E-state index in [1.54, 1.807) is 4.90 Å². The fourth-order valence-corrected chi connectivity index (χ4v) is 3.17. The van der Waals surface area contributed by atoms with E-state index in [4.69, 9.17) is 4.52 Å². The molecule has 29 heavy (non-hydrogen) atoms. The second kappa shape index (κ2) is 10.7. The molecule has 0 atom stereocenters. The maximum absolute atomic E-state index is 12.7. The minimum atomic E-state index is -0.586. The highest BCUT2D eigenvalue weighted by Gasteiger charge is 2.21. The van der Waals surface area contributed by atoms with Crippen molar-refractivity contribution in [1.29, 1.82) is 0 Å². The van der Waals surface area contributed by atoms with Crippen molar-refractivity contribution >= 4 is 27.5 Å². The number of unbranched alkanes of at least 4 members (excludes halogenated alkanes) is 2. The largest absolute Gasteiger partial charge is 0.339 e. The van der Waals surface area contributed by atoms with Gasteiger partial charge in [-0.15, -0.1) is 0 Å². The smallest absolute Gasteiger partial charge is 0.253 e. The topological polar surface area (TPSA) is 59.2 Å². The van der Waals surface area contributed by atoms with Crippen LogP contribution in [0.4, 0.5) is 10.1 Å². The van der Waals surface area contributed by atoms with Gasteiger partial charge in [-0.25, -0.2) is 0 Å². The lowest BCUT2D eigenvalue weighted by molar-refractivity contribution is -0.115. The van der Waals surface area contributed by atoms with E-state index >= 15 is 0 Å². The molecule has 0 aliphatic carbocycles. The number of alkyl halides is 1. The van der Waals surface area contributed by atoms with Gasteiger partial charge in [-0.05, 0) is 31.0 Å². The van der Waals surface area contributed by atoms with E-state index in [9.17, 15) is 9.18 Å². The van der Waals surface area contributed by atoms with Gasteiger partial charge in [-0.3, -0.25) is 9.18 Å². The van der Waals surface area contributed by atoms with Gasteiger partial charge in [0.1, 0.15) is 0 Å². The fourth-order valence-electron chi connectivity index (χ4n) is 2.79. The monoisotopic (exact) mass is 465 g/mol. The normalized spacial score (nSPS) is 11.5. The third-order valence-electron chi connectivity index (χ3n) is 4.48. The number of hydrogen-bond donors (Lipinski definition) is 0. The van der Waals surface area contributed by atoms with Gasteiger partial charge in [0.25, 0.3) is 5.91 Å². The first-order valence-corrected chi connectivity index (χ1v) is 10.7. The summed E-state index contributed by atoms with van der Waals surface area (Å²) in [5.74, 6) is 1.13. The van der Waals surface area contributed by atoms with E-state index in [-0.39, 0.29) is 23.3 Å². The standard InChI is InChI=1S/C22H29BrFN3O2/c1-16(12-13-24)20(28)27(18-10-8-9-17(23)15-18)14-7-5-6-11-19-25-21(26-29-19)22(2,3)4/h8-10,15H,1,5-7,11-14H2,2-4H3. The number of aromatic nitrogens is 2. The average molecular weight is 466 g/mol. The summed E-state index contributed by atoms with van der Waals surface area (Å²) in [6.07, 6.45) is 3.36. The summed E-state index contributed by atoms with van der Waals surface area (Å²) in [6.45, 7) is 9.85. The van der Waals surface area contributed by atoms with Gasteiger partial charge < -0.3 is 9.42 Å². The zero-order valence-electron chi connectivity index (χ0n) is 17.4. The van der Waals surface area contributed by atoms with Crippen LogP contribution in [-0.2, 0) is 16.6 Å². The van der Waals surface area contributed by atoms with Crippen LogP contribution < -0.4 is 4.90 Å². The van der Waals surface area contributed by atoms with E-state index in [1.165, 1.54) is 0 Å². The third-order valence-corrected chi connectivity index (χ3v) is 4.97. The highest BCUT2D eigenvalue weighted by molar-refractivity contribution is 9.10. The van der Waals surface area contributed by atoms with Gasteiger partial charge in [0.2, 0.25) is 5.89 Å². The van der Waals surface area contributed by atoms with Gasteiger partial charge in [-0.2, -0.15) is 4.98 Å². The maximum atomic E-state index is 12.7. The molecule has 1 aromatic carbocycles. The Bertz CT molecular complexity index is 829. The molecule has 0 spiro atoms.